The maximum atomic E-state index is 15.1. The third-order valence-electron chi connectivity index (χ3n) is 12.0. The first kappa shape index (κ1) is 71.2. The molecule has 0 amide bonds. The molecule has 0 aromatic carbocycles. The summed E-state index contributed by atoms with van der Waals surface area (Å²) >= 11 is 14.4. The standard InChI is InChI=1S/C11H12FN2O9P.3C11H12FN2O8PS/c1-2-5-3-14(10(18)13-8(5)17)9-6(15)7(16)11(12,23-9)4-22-24(19,20)21;3*1-2-5-3-14(10(24)13-8(5)17)9-6(15)7(16)11(12,22-9)4-21-23(18,19)20/h1,3,6-7,9,15-16H,4H2,(H,13,17,18)(H2,19,20,21);3*1,3,6-7,9,15-16H,4H2,(H,13,17,24)(H2,18,19,20)/t4*6-,7+,9-,11-/m1111/s1/i;4D2,9D;9D;4D2. The van der Waals surface area contributed by atoms with Gasteiger partial charge in [-0.1, -0.05) is 23.7 Å². The number of aromatic nitrogens is 8. The van der Waals surface area contributed by atoms with Crippen LogP contribution in [0.25, 0.3) is 0 Å². The molecule has 4 saturated heterocycles. The summed E-state index contributed by atoms with van der Waals surface area (Å²) in [6.45, 7) is -10.8. The zero-order valence-electron chi connectivity index (χ0n) is 52.2. The molecule has 4 aromatic rings. The van der Waals surface area contributed by atoms with E-state index < -0.39 is 203 Å². The van der Waals surface area contributed by atoms with Crippen molar-refractivity contribution in [3.63, 3.8) is 0 Å². The monoisotopic (exact) mass is 1520 g/mol. The number of phosphoric ester groups is 4. The number of aliphatic hydroxyl groups is 8. The van der Waals surface area contributed by atoms with E-state index in [-0.39, 0.29) is 16.7 Å². The zero-order valence-corrected chi connectivity index (χ0v) is 52.2. The van der Waals surface area contributed by atoms with Gasteiger partial charge in [-0.3, -0.25) is 75.5 Å². The molecule has 16 atom stereocenters. The highest BCUT2D eigenvalue weighted by Crippen LogP contribution is 2.47. The number of nitrogens with zero attached hydrogens (tertiary/aromatic N) is 4. The van der Waals surface area contributed by atoms with Crippen molar-refractivity contribution in [3.8, 4) is 49.4 Å². The Morgan fingerprint density at radius 1 is 0.458 bits per heavy atom. The summed E-state index contributed by atoms with van der Waals surface area (Å²) < 4.78 is 183. The fraction of sp³-hybridized carbons (Fsp3) is 0.455. The van der Waals surface area contributed by atoms with Crippen LogP contribution >= 0.6 is 67.9 Å². The molecule has 0 radical (unpaired) electrons. The maximum Gasteiger partial charge on any atom is 0.469 e. The highest BCUT2D eigenvalue weighted by atomic mass is 32.1. The average molecular weight is 1520 g/mol. The van der Waals surface area contributed by atoms with Crippen LogP contribution in [0.3, 0.4) is 0 Å². The number of H-pyrrole nitrogens is 4. The molecule has 4 aliphatic heterocycles. The summed E-state index contributed by atoms with van der Waals surface area (Å²) in [5.41, 5.74) is -5.80. The molecule has 4 aliphatic rings. The van der Waals surface area contributed by atoms with Crippen molar-refractivity contribution in [1.82, 2.24) is 38.2 Å². The van der Waals surface area contributed by atoms with Crippen LogP contribution in [0.2, 0.25) is 0 Å². The second-order valence-corrected chi connectivity index (χ2v) is 24.6. The molecular formula is C44H48F4N8O33P4S3. The van der Waals surface area contributed by atoms with E-state index in [2.05, 4.69) is 37.5 Å². The first-order valence-corrected chi connectivity index (χ1v) is 31.7. The number of aliphatic hydroxyl groups excluding tert-OH is 8. The summed E-state index contributed by atoms with van der Waals surface area (Å²) in [7, 11) is -21.4. The molecule has 0 aliphatic carbocycles. The van der Waals surface area contributed by atoms with Gasteiger partial charge in [0.25, 0.3) is 45.7 Å². The van der Waals surface area contributed by atoms with Crippen molar-refractivity contribution in [2.24, 2.45) is 0 Å². The number of hydrogen-bond acceptors (Lipinski definition) is 28. The van der Waals surface area contributed by atoms with Gasteiger partial charge < -0.3 is 98.9 Å². The molecule has 4 fully saturated rings. The van der Waals surface area contributed by atoms with Gasteiger partial charge in [0, 0.05) is 24.8 Å². The predicted octanol–water partition coefficient (Wildman–Crippen LogP) is -5.72. The first-order chi connectivity index (χ1) is 46.1. The van der Waals surface area contributed by atoms with Crippen LogP contribution in [-0.4, -0.2) is 217 Å². The SMILES string of the molecule is C#Cc1cn([C@@H]2O[C@](F)(COP(=O)(O)O)[C@@H](O)[C@H]2O)c(=O)[nH]c1=O.[2H]C([2H])(OP(=O)(O)O)[C@@]1(F)O[C@@H](n2cc(C#C)c(=O)[nH]c2=S)[C@H](O)[C@@H]1O.[2H]C([2H])(OP(=O)(O)O)[C@@]1(F)O[C@@]([2H])(n2cc(C#C)c(=O)[nH]c2=S)[C@H](O)[C@@H]1O.[2H][C@@]1(n2cc(C#C)c(=O)[nH]c2=S)O[C@](F)(COP(=O)(O)O)[C@@H](O)[C@H]1O. The quantitative estimate of drug-likeness (QED) is 0.0215. The third-order valence-corrected chi connectivity index (χ3v) is 14.5. The number of phosphoric acid groups is 4. The van der Waals surface area contributed by atoms with Crippen molar-refractivity contribution >= 4 is 67.9 Å². The minimum atomic E-state index is -5.62. The van der Waals surface area contributed by atoms with Gasteiger partial charge in [0.15, 0.2) is 39.2 Å². The topological polar surface area (TPSA) is 634 Å². The van der Waals surface area contributed by atoms with Crippen molar-refractivity contribution < 1.29 is 161 Å². The second kappa shape index (κ2) is 30.6. The molecule has 52 heteroatoms. The second-order valence-electron chi connectivity index (χ2n) is 18.6. The first-order valence-electron chi connectivity index (χ1n) is 27.3. The van der Waals surface area contributed by atoms with E-state index in [9.17, 15) is 96.3 Å². The van der Waals surface area contributed by atoms with Crippen LogP contribution < -0.4 is 27.9 Å². The van der Waals surface area contributed by atoms with Gasteiger partial charge in [-0.15, -0.1) is 25.7 Å². The van der Waals surface area contributed by atoms with Crippen LogP contribution in [0.4, 0.5) is 17.6 Å². The van der Waals surface area contributed by atoms with Gasteiger partial charge in [0.05, 0.1) is 8.22 Å². The minimum Gasteiger partial charge on any atom is -0.385 e. The van der Waals surface area contributed by atoms with Crippen LogP contribution in [0.5, 0.6) is 0 Å². The number of nitrogens with one attached hydrogen (secondary N) is 4. The fourth-order valence-corrected chi connectivity index (χ4v) is 9.46. The predicted molar refractivity (Wildman–Crippen MR) is 307 cm³/mol. The molecule has 8 heterocycles. The Balaban J connectivity index is 0.000000245. The minimum absolute atomic E-state index is 0.297. The lowest BCUT2D eigenvalue weighted by molar-refractivity contribution is -0.205. The summed E-state index contributed by atoms with van der Waals surface area (Å²) in [4.78, 5) is 135. The molecule has 0 spiro atoms. The molecule has 8 rings (SSSR count). The number of rotatable bonds is 16. The smallest absolute Gasteiger partial charge is 0.385 e. The molecule has 0 saturated carbocycles. The van der Waals surface area contributed by atoms with E-state index in [0.717, 1.165) is 29.4 Å². The van der Waals surface area contributed by atoms with Gasteiger partial charge in [-0.25, -0.2) is 40.6 Å². The number of ether oxygens (including phenoxy) is 4. The number of alkyl halides is 4. The lowest BCUT2D eigenvalue weighted by atomic mass is 10.1. The van der Waals surface area contributed by atoms with E-state index in [1.165, 1.54) is 0 Å². The molecule has 96 heavy (non-hydrogen) atoms. The normalized spacial score (nSPS) is 33.0. The van der Waals surface area contributed by atoms with Crippen LogP contribution in [0.1, 0.15) is 55.3 Å². The lowest BCUT2D eigenvalue weighted by Gasteiger charge is -2.23. The van der Waals surface area contributed by atoms with Crippen molar-refractivity contribution in [3.05, 3.63) is 113 Å². The average Bonchev–Trinajstić information content (AvgIpc) is 1.51. The van der Waals surface area contributed by atoms with Gasteiger partial charge in [0.1, 0.15) is 97.4 Å². The summed E-state index contributed by atoms with van der Waals surface area (Å²) in [6, 6.07) is 0. The summed E-state index contributed by atoms with van der Waals surface area (Å²) in [5.74, 6) is -6.77. The Hall–Kier alpha value is -6.10. The molecule has 41 nitrogen and oxygen atoms in total. The largest absolute Gasteiger partial charge is 0.469 e. The molecule has 0 unspecified atom stereocenters. The Bertz CT molecular complexity index is 4820. The number of halogens is 4. The highest BCUT2D eigenvalue weighted by molar-refractivity contribution is 7.71. The number of hydrogen-bond donors (Lipinski definition) is 20. The third kappa shape index (κ3) is 19.2. The molecular weight excluding hydrogens is 1460 g/mol. The lowest BCUT2D eigenvalue weighted by Crippen LogP contribution is -2.43. The van der Waals surface area contributed by atoms with Crippen LogP contribution in [0.15, 0.2) is 48.8 Å². The van der Waals surface area contributed by atoms with E-state index in [4.69, 9.17) is 119 Å². The zero-order chi connectivity index (χ0) is 78.6. The van der Waals surface area contributed by atoms with Gasteiger partial charge in [-0.2, -0.15) is 0 Å². The number of aromatic amines is 4. The van der Waals surface area contributed by atoms with E-state index in [1.54, 1.807) is 0 Å². The molecule has 528 valence electrons. The number of terminal acetylenes is 4. The fourth-order valence-electron chi connectivity index (χ4n) is 7.56. The Morgan fingerprint density at radius 2 is 0.719 bits per heavy atom. The van der Waals surface area contributed by atoms with Crippen molar-refractivity contribution in [2.45, 2.75) is 97.1 Å². The Labute approximate surface area is 551 Å². The molecule has 0 bridgehead atoms. The molecule has 4 aromatic heterocycles. The van der Waals surface area contributed by atoms with Gasteiger partial charge in [-0.05, 0) is 36.7 Å². The van der Waals surface area contributed by atoms with E-state index in [1.807, 2.05) is 33.6 Å². The van der Waals surface area contributed by atoms with Crippen molar-refractivity contribution in [1.29, 1.82) is 0 Å². The van der Waals surface area contributed by atoms with Crippen LogP contribution in [-0.2, 0) is 55.3 Å². The van der Waals surface area contributed by atoms with Crippen LogP contribution in [0, 0.1) is 63.7 Å². The Morgan fingerprint density at radius 3 is 1.08 bits per heavy atom. The van der Waals surface area contributed by atoms with E-state index >= 15 is 4.39 Å². The highest BCUT2D eigenvalue weighted by Gasteiger charge is 2.60. The summed E-state index contributed by atoms with van der Waals surface area (Å²) in [6.07, 6.45) is -5.26. The van der Waals surface area contributed by atoms with E-state index in [0.29, 0.717) is 13.7 Å². The van der Waals surface area contributed by atoms with Gasteiger partial charge in [0.2, 0.25) is 0 Å². The molecule has 20 N–H and O–H groups in total. The van der Waals surface area contributed by atoms with Crippen molar-refractivity contribution in [2.75, 3.05) is 26.3 Å². The van der Waals surface area contributed by atoms with Gasteiger partial charge >= 0.3 is 37.0 Å². The maximum absolute atomic E-state index is 15.1. The summed E-state index contributed by atoms with van der Waals surface area (Å²) in [5, 5.41) is 79.3. The Kier molecular flexibility index (Phi) is 22.7.